The molecule has 0 spiro atoms. The van der Waals surface area contributed by atoms with Crippen LogP contribution in [-0.2, 0) is 4.79 Å². The average molecular weight is 325 g/mol. The first-order chi connectivity index (χ1) is 11.5. The van der Waals surface area contributed by atoms with Crippen molar-refractivity contribution < 1.29 is 14.3 Å². The van der Waals surface area contributed by atoms with Gasteiger partial charge in [-0.2, -0.15) is 0 Å². The zero-order valence-electron chi connectivity index (χ0n) is 14.5. The number of benzene rings is 2. The molecule has 0 aliphatic rings. The van der Waals surface area contributed by atoms with Crippen LogP contribution in [0.15, 0.2) is 48.5 Å². The van der Waals surface area contributed by atoms with Crippen molar-refractivity contribution >= 4 is 17.7 Å². The van der Waals surface area contributed by atoms with Crippen LogP contribution in [0.3, 0.4) is 0 Å². The molecular formula is C20H23NO3. The van der Waals surface area contributed by atoms with Crippen molar-refractivity contribution in [3.63, 3.8) is 0 Å². The summed E-state index contributed by atoms with van der Waals surface area (Å²) in [5, 5.41) is 2.84. The molecule has 4 heteroatoms. The normalized spacial score (nSPS) is 10.9. The maximum Gasteiger partial charge on any atom is 0.248 e. The van der Waals surface area contributed by atoms with Crippen LogP contribution in [0.2, 0.25) is 0 Å². The van der Waals surface area contributed by atoms with E-state index in [1.54, 1.807) is 13.2 Å². The second-order valence-corrected chi connectivity index (χ2v) is 5.77. The SMILES string of the molecule is COc1ccc(C)cc1NC(=O)/C=C/c1cccc(OC(C)C)c1. The molecule has 126 valence electrons. The van der Waals surface area contributed by atoms with Crippen molar-refractivity contribution in [3.8, 4) is 11.5 Å². The predicted molar refractivity (Wildman–Crippen MR) is 97.6 cm³/mol. The third-order valence-electron chi connectivity index (χ3n) is 3.27. The lowest BCUT2D eigenvalue weighted by molar-refractivity contribution is -0.111. The number of aryl methyl sites for hydroxylation is 1. The standard InChI is InChI=1S/C20H23NO3/c1-14(2)24-17-7-5-6-16(13-17)9-11-20(22)21-18-12-15(3)8-10-19(18)23-4/h5-14H,1-4H3,(H,21,22)/b11-9+. The van der Waals surface area contributed by atoms with E-state index in [1.807, 2.05) is 63.2 Å². The van der Waals surface area contributed by atoms with Gasteiger partial charge < -0.3 is 14.8 Å². The number of nitrogens with one attached hydrogen (secondary N) is 1. The van der Waals surface area contributed by atoms with Crippen LogP contribution < -0.4 is 14.8 Å². The lowest BCUT2D eigenvalue weighted by atomic mass is 10.2. The summed E-state index contributed by atoms with van der Waals surface area (Å²) < 4.78 is 10.9. The summed E-state index contributed by atoms with van der Waals surface area (Å²) in [7, 11) is 1.58. The van der Waals surface area contributed by atoms with E-state index in [2.05, 4.69) is 5.32 Å². The van der Waals surface area contributed by atoms with Gasteiger partial charge in [0, 0.05) is 6.08 Å². The summed E-state index contributed by atoms with van der Waals surface area (Å²) in [6.45, 7) is 5.92. The highest BCUT2D eigenvalue weighted by Gasteiger charge is 2.05. The third kappa shape index (κ3) is 5.16. The molecule has 1 amide bonds. The largest absolute Gasteiger partial charge is 0.495 e. The number of ether oxygens (including phenoxy) is 2. The first-order valence-electron chi connectivity index (χ1n) is 7.88. The Bertz CT molecular complexity index is 735. The van der Waals surface area contributed by atoms with Crippen LogP contribution in [-0.4, -0.2) is 19.1 Å². The van der Waals surface area contributed by atoms with Crippen LogP contribution in [0.5, 0.6) is 11.5 Å². The van der Waals surface area contributed by atoms with Crippen molar-refractivity contribution in [1.82, 2.24) is 0 Å². The van der Waals surface area contributed by atoms with E-state index < -0.39 is 0 Å². The minimum absolute atomic E-state index is 0.112. The third-order valence-corrected chi connectivity index (χ3v) is 3.27. The fraction of sp³-hybridized carbons (Fsp3) is 0.250. The summed E-state index contributed by atoms with van der Waals surface area (Å²) in [6, 6.07) is 13.3. The first-order valence-corrected chi connectivity index (χ1v) is 7.88. The van der Waals surface area contributed by atoms with Gasteiger partial charge in [-0.1, -0.05) is 18.2 Å². The van der Waals surface area contributed by atoms with E-state index >= 15 is 0 Å². The molecule has 0 atom stereocenters. The molecule has 0 unspecified atom stereocenters. The van der Waals surface area contributed by atoms with Gasteiger partial charge in [0.1, 0.15) is 11.5 Å². The molecule has 0 aromatic heterocycles. The smallest absolute Gasteiger partial charge is 0.248 e. The maximum atomic E-state index is 12.1. The van der Waals surface area contributed by atoms with Gasteiger partial charge in [0.05, 0.1) is 18.9 Å². The molecular weight excluding hydrogens is 302 g/mol. The molecule has 0 bridgehead atoms. The number of methoxy groups -OCH3 is 1. The molecule has 24 heavy (non-hydrogen) atoms. The molecule has 0 aliphatic carbocycles. The van der Waals surface area contributed by atoms with E-state index in [4.69, 9.17) is 9.47 Å². The Morgan fingerprint density at radius 1 is 1.17 bits per heavy atom. The Morgan fingerprint density at radius 2 is 1.96 bits per heavy atom. The molecule has 4 nitrogen and oxygen atoms in total. The van der Waals surface area contributed by atoms with Crippen molar-refractivity contribution in [1.29, 1.82) is 0 Å². The molecule has 0 saturated heterocycles. The van der Waals surface area contributed by atoms with Gasteiger partial charge in [0.2, 0.25) is 5.91 Å². The number of anilines is 1. The molecule has 0 aliphatic heterocycles. The van der Waals surface area contributed by atoms with Crippen LogP contribution in [0.1, 0.15) is 25.0 Å². The summed E-state index contributed by atoms with van der Waals surface area (Å²) in [4.78, 5) is 12.1. The quantitative estimate of drug-likeness (QED) is 0.799. The van der Waals surface area contributed by atoms with E-state index in [9.17, 15) is 4.79 Å². The van der Waals surface area contributed by atoms with Gasteiger partial charge in [0.15, 0.2) is 0 Å². The zero-order valence-corrected chi connectivity index (χ0v) is 14.5. The number of hydrogen-bond donors (Lipinski definition) is 1. The minimum atomic E-state index is -0.214. The Labute approximate surface area is 143 Å². The van der Waals surface area contributed by atoms with Crippen molar-refractivity contribution in [2.24, 2.45) is 0 Å². The zero-order chi connectivity index (χ0) is 17.5. The van der Waals surface area contributed by atoms with Gasteiger partial charge in [-0.15, -0.1) is 0 Å². The maximum absolute atomic E-state index is 12.1. The van der Waals surface area contributed by atoms with E-state index in [1.165, 1.54) is 6.08 Å². The molecule has 0 saturated carbocycles. The molecule has 1 N–H and O–H groups in total. The Kier molecular flexibility index (Phi) is 6.01. The summed E-state index contributed by atoms with van der Waals surface area (Å²) in [5.41, 5.74) is 2.61. The van der Waals surface area contributed by atoms with Crippen molar-refractivity contribution in [3.05, 3.63) is 59.7 Å². The highest BCUT2D eigenvalue weighted by atomic mass is 16.5. The lowest BCUT2D eigenvalue weighted by Crippen LogP contribution is -2.09. The Balaban J connectivity index is 2.07. The summed E-state index contributed by atoms with van der Waals surface area (Å²) in [5.74, 6) is 1.21. The number of amides is 1. The van der Waals surface area contributed by atoms with Gasteiger partial charge in [-0.25, -0.2) is 0 Å². The fourth-order valence-electron chi connectivity index (χ4n) is 2.23. The van der Waals surface area contributed by atoms with Gasteiger partial charge in [-0.3, -0.25) is 4.79 Å². The summed E-state index contributed by atoms with van der Waals surface area (Å²) >= 11 is 0. The van der Waals surface area contributed by atoms with Crippen LogP contribution in [0.25, 0.3) is 6.08 Å². The highest BCUT2D eigenvalue weighted by molar-refractivity contribution is 6.02. The summed E-state index contributed by atoms with van der Waals surface area (Å²) in [6.07, 6.45) is 3.36. The van der Waals surface area contributed by atoms with Crippen molar-refractivity contribution in [2.45, 2.75) is 26.9 Å². The monoisotopic (exact) mass is 325 g/mol. The second kappa shape index (κ2) is 8.20. The van der Waals surface area contributed by atoms with E-state index in [0.29, 0.717) is 11.4 Å². The van der Waals surface area contributed by atoms with E-state index in [0.717, 1.165) is 16.9 Å². The molecule has 0 radical (unpaired) electrons. The van der Waals surface area contributed by atoms with Gasteiger partial charge in [0.25, 0.3) is 0 Å². The van der Waals surface area contributed by atoms with Crippen LogP contribution in [0, 0.1) is 6.92 Å². The molecule has 0 fully saturated rings. The Hall–Kier alpha value is -2.75. The number of carbonyl (C=O) groups is 1. The predicted octanol–water partition coefficient (Wildman–Crippen LogP) is 4.44. The molecule has 0 heterocycles. The molecule has 2 rings (SSSR count). The van der Waals surface area contributed by atoms with E-state index in [-0.39, 0.29) is 12.0 Å². The molecule has 2 aromatic carbocycles. The topological polar surface area (TPSA) is 47.6 Å². The Morgan fingerprint density at radius 3 is 2.67 bits per heavy atom. The molecule has 2 aromatic rings. The second-order valence-electron chi connectivity index (χ2n) is 5.77. The average Bonchev–Trinajstić information content (AvgIpc) is 2.53. The van der Waals surface area contributed by atoms with Gasteiger partial charge >= 0.3 is 0 Å². The fourth-order valence-corrected chi connectivity index (χ4v) is 2.23. The number of hydrogen-bond acceptors (Lipinski definition) is 3. The van der Waals surface area contributed by atoms with Crippen molar-refractivity contribution in [2.75, 3.05) is 12.4 Å². The number of rotatable bonds is 6. The highest BCUT2D eigenvalue weighted by Crippen LogP contribution is 2.25. The van der Waals surface area contributed by atoms with Crippen LogP contribution >= 0.6 is 0 Å². The van der Waals surface area contributed by atoms with Crippen LogP contribution in [0.4, 0.5) is 5.69 Å². The lowest BCUT2D eigenvalue weighted by Gasteiger charge is -2.10. The number of carbonyl (C=O) groups excluding carboxylic acids is 1. The van der Waals surface area contributed by atoms with Gasteiger partial charge in [-0.05, 0) is 62.2 Å². The first kappa shape index (κ1) is 17.6. The minimum Gasteiger partial charge on any atom is -0.495 e.